The van der Waals surface area contributed by atoms with Crippen molar-refractivity contribution in [2.45, 2.75) is 112 Å². The number of urea groups is 1. The molecule has 7 N–H and O–H groups in total. The van der Waals surface area contributed by atoms with E-state index in [1.807, 2.05) is 32.1 Å². The van der Waals surface area contributed by atoms with Gasteiger partial charge in [-0.25, -0.2) is 56.3 Å². The number of aromatic nitrogens is 8. The summed E-state index contributed by atoms with van der Waals surface area (Å²) in [6.45, 7) is 13.0. The molecule has 6 aliphatic rings. The van der Waals surface area contributed by atoms with E-state index >= 15 is 0 Å². The van der Waals surface area contributed by atoms with Crippen LogP contribution >= 0.6 is 0 Å². The SMILES string of the molecule is CCNC(=O)[C@H]1O[C@@H](n2cnc3c(NC(=O)Nc4ccccc4S(=O)(=O)N4CC=CC4)ncnc32)C2OC(C)(C)OC21.CCNC(=O)[C@H]1O[C@@H](n2cnc3c(NC(=O)Oc4ccccc4)ncnc32)C2OC(C)(C)OC21.Nc1ccccc1S(=O)(=O)N1CC=CC1. The first kappa shape index (κ1) is 63.7. The maximum atomic E-state index is 13.1. The number of anilines is 4. The zero-order valence-corrected chi connectivity index (χ0v) is 51.6. The molecule has 5 amide bonds. The Bertz CT molecular complexity index is 4150. The van der Waals surface area contributed by atoms with Crippen molar-refractivity contribution in [3.8, 4) is 5.75 Å². The number of nitrogens with two attached hydrogens (primary N) is 1. The number of sulfonamides is 2. The number of carbonyl (C=O) groups is 4. The summed E-state index contributed by atoms with van der Waals surface area (Å²) in [6.07, 6.45) is 6.19. The van der Waals surface area contributed by atoms with Gasteiger partial charge in [0.1, 0.15) is 52.6 Å². The van der Waals surface area contributed by atoms with Gasteiger partial charge in [-0.3, -0.25) is 29.4 Å². The van der Waals surface area contributed by atoms with Crippen molar-refractivity contribution >= 4 is 89.3 Å². The number of imidazole rings is 2. The molecule has 10 heterocycles. The van der Waals surface area contributed by atoms with E-state index in [1.165, 1.54) is 52.1 Å². The normalized spacial score (nSPS) is 23.8. The molecule has 0 bridgehead atoms. The third-order valence-electron chi connectivity index (χ3n) is 14.8. The number of rotatable bonds is 14. The van der Waals surface area contributed by atoms with Gasteiger partial charge in [-0.05, 0) is 77.9 Å². The molecule has 33 heteroatoms. The van der Waals surface area contributed by atoms with Gasteiger partial charge in [0.05, 0.1) is 24.0 Å². The van der Waals surface area contributed by atoms with E-state index in [2.05, 4.69) is 56.5 Å². The van der Waals surface area contributed by atoms with Crippen LogP contribution in [0.15, 0.2) is 138 Å². The van der Waals surface area contributed by atoms with E-state index in [0.717, 1.165) is 0 Å². The average molecular weight is 1290 g/mol. The van der Waals surface area contributed by atoms with Crippen molar-refractivity contribution in [1.29, 1.82) is 0 Å². The number of nitrogens with zero attached hydrogens (tertiary/aromatic N) is 10. The highest BCUT2D eigenvalue weighted by molar-refractivity contribution is 7.89. The van der Waals surface area contributed by atoms with Gasteiger partial charge >= 0.3 is 12.1 Å². The van der Waals surface area contributed by atoms with Gasteiger partial charge in [0.15, 0.2) is 70.2 Å². The highest BCUT2D eigenvalue weighted by Crippen LogP contribution is 2.46. The second-order valence-electron chi connectivity index (χ2n) is 21.9. The van der Waals surface area contributed by atoms with Crippen LogP contribution in [0.5, 0.6) is 5.75 Å². The van der Waals surface area contributed by atoms with E-state index in [0.29, 0.717) is 54.4 Å². The topological polar surface area (TPSA) is 381 Å². The van der Waals surface area contributed by atoms with Crippen molar-refractivity contribution in [2.24, 2.45) is 0 Å². The number of nitrogen functional groups attached to an aromatic ring is 1. The molecule has 0 radical (unpaired) electrons. The smallest absolute Gasteiger partial charge is 0.410 e. The molecule has 13 rings (SSSR count). The Labute approximate surface area is 521 Å². The molecule has 0 saturated carbocycles. The van der Waals surface area contributed by atoms with Crippen molar-refractivity contribution in [1.82, 2.24) is 58.3 Å². The van der Waals surface area contributed by atoms with Crippen molar-refractivity contribution < 1.29 is 69.2 Å². The summed E-state index contributed by atoms with van der Waals surface area (Å²) in [5.74, 6) is -1.79. The van der Waals surface area contributed by atoms with Crippen LogP contribution in [0.3, 0.4) is 0 Å². The van der Waals surface area contributed by atoms with Crippen LogP contribution in [-0.4, -0.2) is 176 Å². The number of fused-ring (bicyclic) bond motifs is 4. The fourth-order valence-electron chi connectivity index (χ4n) is 10.9. The molecule has 3 aromatic carbocycles. The van der Waals surface area contributed by atoms with Gasteiger partial charge in [0, 0.05) is 39.3 Å². The van der Waals surface area contributed by atoms with E-state index in [4.69, 9.17) is 38.9 Å². The van der Waals surface area contributed by atoms with Gasteiger partial charge in [0.2, 0.25) is 20.0 Å². The minimum atomic E-state index is -3.84. The van der Waals surface area contributed by atoms with Crippen molar-refractivity contribution in [3.63, 3.8) is 0 Å². The average Bonchev–Trinajstić information content (AvgIpc) is 1.60. The number of likely N-dealkylation sites (N-methyl/N-ethyl adjacent to an activating group) is 2. The van der Waals surface area contributed by atoms with Gasteiger partial charge in [0.25, 0.3) is 11.8 Å². The lowest BCUT2D eigenvalue weighted by molar-refractivity contribution is -0.198. The number of nitrogens with one attached hydrogen (secondary N) is 5. The Balaban J connectivity index is 0.000000155. The number of hydrogen-bond donors (Lipinski definition) is 6. The standard InChI is InChI=1S/C26H30N8O7S.C22H24N6O6.C10H12N2O2S/c1-4-27-23(35)19-18-20(41-26(2,3)40-18)24(39-19)34-14-30-17-21(28-13-29-22(17)34)32-25(36)31-15-9-5-6-10-16(15)42(37,38)33-11-7-8-12-33;1-4-23-19(29)15-14-16(34-22(2,3)33-14)20(32-15)28-11-26-13-17(24-10-25-18(13)28)27-21(30)31-12-8-6-5-7-9-12;11-9-5-1-2-6-10(9)15(13,14)12-7-3-4-8-12/h5-10,13-14,18-20,24H,4,11-12H2,1-3H3,(H,27,35)(H2,28,29,31,32,36);5-11,14-16,20H,4H2,1-3H3,(H,23,29)(H,24,25,27,30);1-6H,7-8,11H2/t18?,19-,20?,24+;14?,15-,16?,20+;/m00./s1. The minimum Gasteiger partial charge on any atom is -0.410 e. The predicted octanol–water partition coefficient (Wildman–Crippen LogP) is 4.40. The Kier molecular flexibility index (Phi) is 18.3. The third kappa shape index (κ3) is 13.3. The summed E-state index contributed by atoms with van der Waals surface area (Å²) >= 11 is 0. The quantitative estimate of drug-likeness (QED) is 0.0649. The number of benzene rings is 3. The Hall–Kier alpha value is -8.90. The lowest BCUT2D eigenvalue weighted by atomic mass is 10.1. The molecule has 0 spiro atoms. The van der Waals surface area contributed by atoms with Crippen LogP contribution in [0.1, 0.15) is 54.0 Å². The first-order valence-corrected chi connectivity index (χ1v) is 31.7. The number of para-hydroxylation sites is 3. The fraction of sp³-hybridized carbons (Fsp3) is 0.379. The molecule has 7 aromatic rings. The molecule has 8 atom stereocenters. The second-order valence-corrected chi connectivity index (χ2v) is 25.7. The largest absolute Gasteiger partial charge is 0.418 e. The minimum absolute atomic E-state index is 0.0303. The molecule has 4 saturated heterocycles. The van der Waals surface area contributed by atoms with Crippen LogP contribution in [0.25, 0.3) is 22.3 Å². The first-order chi connectivity index (χ1) is 43.6. The predicted molar refractivity (Wildman–Crippen MR) is 325 cm³/mol. The highest BCUT2D eigenvalue weighted by atomic mass is 32.2. The van der Waals surface area contributed by atoms with Crippen LogP contribution in [0, 0.1) is 0 Å². The van der Waals surface area contributed by atoms with Crippen LogP contribution in [-0.2, 0) is 58.1 Å². The third-order valence-corrected chi connectivity index (χ3v) is 18.6. The molecule has 4 fully saturated rings. The monoisotopic (exact) mass is 1290 g/mol. The first-order valence-electron chi connectivity index (χ1n) is 28.9. The molecule has 480 valence electrons. The second kappa shape index (κ2) is 26.1. The maximum Gasteiger partial charge on any atom is 0.418 e. The van der Waals surface area contributed by atoms with Gasteiger partial charge in [-0.15, -0.1) is 0 Å². The summed E-state index contributed by atoms with van der Waals surface area (Å²) < 4.78 is 98.0. The molecule has 6 aliphatic heterocycles. The van der Waals surface area contributed by atoms with E-state index in [1.54, 1.807) is 104 Å². The summed E-state index contributed by atoms with van der Waals surface area (Å²) in [5, 5.41) is 13.4. The van der Waals surface area contributed by atoms with Gasteiger partial charge in [-0.2, -0.15) is 8.61 Å². The lowest BCUT2D eigenvalue weighted by Crippen LogP contribution is -2.42. The number of amides is 5. The summed E-state index contributed by atoms with van der Waals surface area (Å²) in [5.41, 5.74) is 7.33. The highest BCUT2D eigenvalue weighted by Gasteiger charge is 2.60. The molecule has 31 nitrogen and oxygen atoms in total. The number of hydrogen-bond acceptors (Lipinski definition) is 22. The molecular formula is C58H66N16O15S2. The molecule has 0 aliphatic carbocycles. The van der Waals surface area contributed by atoms with Crippen LogP contribution in [0.4, 0.5) is 32.6 Å². The molecular weight excluding hydrogens is 1220 g/mol. The number of carbonyl (C=O) groups excluding carboxylic acids is 4. The molecule has 4 unspecified atom stereocenters. The molecule has 91 heavy (non-hydrogen) atoms. The van der Waals surface area contributed by atoms with Gasteiger partial charge in [-0.1, -0.05) is 66.8 Å². The summed E-state index contributed by atoms with van der Waals surface area (Å²) in [6, 6.07) is 20.6. The van der Waals surface area contributed by atoms with Crippen LogP contribution < -0.4 is 37.1 Å². The van der Waals surface area contributed by atoms with Gasteiger partial charge < -0.3 is 54.8 Å². The Morgan fingerprint density at radius 3 is 1.49 bits per heavy atom. The number of ether oxygens (including phenoxy) is 7. The maximum absolute atomic E-state index is 13.1. The Morgan fingerprint density at radius 1 is 0.560 bits per heavy atom. The summed E-state index contributed by atoms with van der Waals surface area (Å²) in [4.78, 5) is 76.6. The van der Waals surface area contributed by atoms with E-state index < -0.39 is 92.8 Å². The Morgan fingerprint density at radius 2 is 1.00 bits per heavy atom. The van der Waals surface area contributed by atoms with E-state index in [9.17, 15) is 36.0 Å². The lowest BCUT2D eigenvalue weighted by Gasteiger charge is -2.24. The zero-order chi connectivity index (χ0) is 64.4. The summed E-state index contributed by atoms with van der Waals surface area (Å²) in [7, 11) is -7.26. The van der Waals surface area contributed by atoms with Crippen molar-refractivity contribution in [3.05, 3.63) is 128 Å². The van der Waals surface area contributed by atoms with Crippen LogP contribution in [0.2, 0.25) is 0 Å². The van der Waals surface area contributed by atoms with Crippen molar-refractivity contribution in [2.75, 3.05) is 61.0 Å². The molecule has 4 aromatic heterocycles. The fourth-order valence-corrected chi connectivity index (χ4v) is 13.9. The van der Waals surface area contributed by atoms with E-state index in [-0.39, 0.29) is 57.5 Å². The zero-order valence-electron chi connectivity index (χ0n) is 50.0.